The monoisotopic (exact) mass is 441 g/mol. The number of benzene rings is 2. The Kier molecular flexibility index (Phi) is 5.16. The number of H-pyrrole nitrogens is 1. The third kappa shape index (κ3) is 3.91. The highest BCUT2D eigenvalue weighted by atomic mass is 32.2. The first-order valence-electron chi connectivity index (χ1n) is 8.20. The number of hydrogen-bond donors (Lipinski definition) is 1. The second-order valence-electron chi connectivity index (χ2n) is 6.49. The summed E-state index contributed by atoms with van der Waals surface area (Å²) in [5.74, 6) is -4.34. The van der Waals surface area contributed by atoms with Crippen LogP contribution in [0, 0.1) is 29.9 Å². The summed E-state index contributed by atoms with van der Waals surface area (Å²) >= 11 is 0. The molecule has 1 heterocycles. The summed E-state index contributed by atoms with van der Waals surface area (Å²) < 4.78 is 91.5. The molecule has 0 aliphatic rings. The third-order valence-electron chi connectivity index (χ3n) is 4.26. The van der Waals surface area contributed by atoms with Gasteiger partial charge in [0.25, 0.3) is 0 Å². The fourth-order valence-corrected chi connectivity index (χ4v) is 3.70. The van der Waals surface area contributed by atoms with Crippen molar-refractivity contribution in [3.63, 3.8) is 0 Å². The molecule has 2 aromatic carbocycles. The third-order valence-corrected chi connectivity index (χ3v) is 5.39. The Hall–Kier alpha value is -3.26. The molecule has 0 aliphatic heterocycles. The predicted octanol–water partition coefficient (Wildman–Crippen LogP) is 4.62. The van der Waals surface area contributed by atoms with Crippen molar-refractivity contribution >= 4 is 9.84 Å². The number of aromatic nitrogens is 2. The van der Waals surface area contributed by atoms with E-state index in [1.165, 1.54) is 18.2 Å². The minimum absolute atomic E-state index is 0.128. The van der Waals surface area contributed by atoms with E-state index >= 15 is 0 Å². The first-order chi connectivity index (χ1) is 13.8. The van der Waals surface area contributed by atoms with Crippen molar-refractivity contribution in [2.75, 3.05) is 6.26 Å². The van der Waals surface area contributed by atoms with Crippen LogP contribution < -0.4 is 0 Å². The molecule has 0 radical (unpaired) electrons. The van der Waals surface area contributed by atoms with Crippen LogP contribution in [-0.2, 0) is 16.0 Å². The molecule has 0 bridgehead atoms. The topological polar surface area (TPSA) is 86.6 Å². The number of halogens is 5. The SMILES string of the molecule is Cc1ccc(-c2[nH]c(C(F)(F)F)nc2-c2cc(F)c(S(C)(=O)=O)c(F)c2)cc1C#N. The molecule has 3 aromatic rings. The van der Waals surface area contributed by atoms with Crippen LogP contribution in [0.3, 0.4) is 0 Å². The number of alkyl halides is 3. The zero-order valence-corrected chi connectivity index (χ0v) is 16.2. The van der Waals surface area contributed by atoms with Gasteiger partial charge in [0.05, 0.1) is 23.0 Å². The molecule has 0 saturated carbocycles. The van der Waals surface area contributed by atoms with Crippen LogP contribution in [0.15, 0.2) is 35.2 Å². The molecule has 1 N–H and O–H groups in total. The van der Waals surface area contributed by atoms with E-state index in [9.17, 15) is 35.6 Å². The molecule has 0 amide bonds. The molecule has 156 valence electrons. The van der Waals surface area contributed by atoms with E-state index in [0.29, 0.717) is 24.0 Å². The molecule has 0 aliphatic carbocycles. The summed E-state index contributed by atoms with van der Waals surface area (Å²) in [4.78, 5) is 4.32. The van der Waals surface area contributed by atoms with Crippen LogP contribution in [-0.4, -0.2) is 24.6 Å². The standard InChI is InChI=1S/C19H12F5N3O2S/c1-9-3-4-10(5-12(9)8-25)15-16(27-18(26-15)19(22,23)24)11-6-13(20)17(14(21)7-11)30(2,28)29/h3-7H,1-2H3,(H,26,27). The van der Waals surface area contributed by atoms with Gasteiger partial charge in [-0.1, -0.05) is 12.1 Å². The maximum atomic E-state index is 14.3. The predicted molar refractivity (Wildman–Crippen MR) is 96.9 cm³/mol. The van der Waals surface area contributed by atoms with Gasteiger partial charge in [-0.2, -0.15) is 18.4 Å². The van der Waals surface area contributed by atoms with Gasteiger partial charge in [-0.15, -0.1) is 0 Å². The zero-order chi connectivity index (χ0) is 22.4. The largest absolute Gasteiger partial charge is 0.449 e. The van der Waals surface area contributed by atoms with Crippen molar-refractivity contribution in [2.24, 2.45) is 0 Å². The van der Waals surface area contributed by atoms with E-state index in [1.54, 1.807) is 6.92 Å². The number of sulfone groups is 1. The lowest BCUT2D eigenvalue weighted by atomic mass is 10.0. The second kappa shape index (κ2) is 7.21. The Morgan fingerprint density at radius 2 is 1.67 bits per heavy atom. The summed E-state index contributed by atoms with van der Waals surface area (Å²) in [5, 5.41) is 9.18. The minimum atomic E-state index is -4.89. The summed E-state index contributed by atoms with van der Waals surface area (Å²) in [5.41, 5.74) is -0.196. The van der Waals surface area contributed by atoms with Crippen LogP contribution >= 0.6 is 0 Å². The molecule has 0 spiro atoms. The maximum Gasteiger partial charge on any atom is 0.449 e. The molecule has 0 fully saturated rings. The lowest BCUT2D eigenvalue weighted by molar-refractivity contribution is -0.144. The highest BCUT2D eigenvalue weighted by Crippen LogP contribution is 2.37. The van der Waals surface area contributed by atoms with Gasteiger partial charge < -0.3 is 4.98 Å². The second-order valence-corrected chi connectivity index (χ2v) is 8.44. The quantitative estimate of drug-likeness (QED) is 0.601. The van der Waals surface area contributed by atoms with Crippen LogP contribution in [0.5, 0.6) is 0 Å². The van der Waals surface area contributed by atoms with Gasteiger partial charge in [-0.3, -0.25) is 0 Å². The molecule has 0 atom stereocenters. The highest BCUT2D eigenvalue weighted by Gasteiger charge is 2.36. The van der Waals surface area contributed by atoms with Crippen LogP contribution in [0.25, 0.3) is 22.5 Å². The lowest BCUT2D eigenvalue weighted by Gasteiger charge is -2.08. The minimum Gasteiger partial charge on any atom is -0.334 e. The van der Waals surface area contributed by atoms with Gasteiger partial charge in [-0.25, -0.2) is 22.2 Å². The van der Waals surface area contributed by atoms with Crippen molar-refractivity contribution in [1.29, 1.82) is 5.26 Å². The Balaban J connectivity index is 2.31. The number of rotatable bonds is 3. The smallest absolute Gasteiger partial charge is 0.334 e. The van der Waals surface area contributed by atoms with E-state index in [-0.39, 0.29) is 16.8 Å². The van der Waals surface area contributed by atoms with E-state index in [4.69, 9.17) is 0 Å². The summed E-state index contributed by atoms with van der Waals surface area (Å²) in [7, 11) is -4.25. The zero-order valence-electron chi connectivity index (χ0n) is 15.4. The van der Waals surface area contributed by atoms with Crippen LogP contribution in [0.2, 0.25) is 0 Å². The maximum absolute atomic E-state index is 14.3. The number of nitrogens with zero attached hydrogens (tertiary/aromatic N) is 2. The van der Waals surface area contributed by atoms with Gasteiger partial charge in [0, 0.05) is 17.4 Å². The lowest BCUT2D eigenvalue weighted by Crippen LogP contribution is -2.07. The molecule has 0 unspecified atom stereocenters. The Bertz CT molecular complexity index is 1280. The molecular formula is C19H12F5N3O2S. The Morgan fingerprint density at radius 3 is 2.17 bits per heavy atom. The molecule has 3 rings (SSSR count). The molecule has 30 heavy (non-hydrogen) atoms. The van der Waals surface area contributed by atoms with E-state index < -0.39 is 49.6 Å². The average Bonchev–Trinajstić information content (AvgIpc) is 3.06. The van der Waals surface area contributed by atoms with Gasteiger partial charge in [0.1, 0.15) is 16.5 Å². The molecule has 11 heteroatoms. The normalized spacial score (nSPS) is 12.1. The first kappa shape index (κ1) is 21.4. The molecule has 0 saturated heterocycles. The van der Waals surface area contributed by atoms with Crippen LogP contribution in [0.4, 0.5) is 22.0 Å². The van der Waals surface area contributed by atoms with Crippen molar-refractivity contribution in [3.8, 4) is 28.6 Å². The first-order valence-corrected chi connectivity index (χ1v) is 10.1. The molecule has 1 aromatic heterocycles. The molecular weight excluding hydrogens is 429 g/mol. The number of aromatic amines is 1. The summed E-state index contributed by atoms with van der Waals surface area (Å²) in [6, 6.07) is 7.32. The molecule has 5 nitrogen and oxygen atoms in total. The van der Waals surface area contributed by atoms with Crippen molar-refractivity contribution in [2.45, 2.75) is 18.0 Å². The highest BCUT2D eigenvalue weighted by molar-refractivity contribution is 7.90. The van der Waals surface area contributed by atoms with Gasteiger partial charge in [0.15, 0.2) is 9.84 Å². The fraction of sp³-hybridized carbons (Fsp3) is 0.158. The fourth-order valence-electron chi connectivity index (χ4n) is 2.87. The van der Waals surface area contributed by atoms with Gasteiger partial charge in [0.2, 0.25) is 5.82 Å². The van der Waals surface area contributed by atoms with Gasteiger partial charge in [-0.05, 0) is 30.7 Å². The summed E-state index contributed by atoms with van der Waals surface area (Å²) in [6.45, 7) is 1.63. The average molecular weight is 441 g/mol. The van der Waals surface area contributed by atoms with E-state index in [0.717, 1.165) is 0 Å². The van der Waals surface area contributed by atoms with Crippen LogP contribution in [0.1, 0.15) is 17.0 Å². The number of aryl methyl sites for hydroxylation is 1. The number of nitrogens with one attached hydrogen (secondary N) is 1. The van der Waals surface area contributed by atoms with E-state index in [2.05, 4.69) is 9.97 Å². The Labute approximate surface area is 167 Å². The number of hydrogen-bond acceptors (Lipinski definition) is 4. The number of imidazole rings is 1. The van der Waals surface area contributed by atoms with Gasteiger partial charge >= 0.3 is 6.18 Å². The number of nitriles is 1. The van der Waals surface area contributed by atoms with Crippen molar-refractivity contribution in [1.82, 2.24) is 9.97 Å². The van der Waals surface area contributed by atoms with Crippen molar-refractivity contribution < 1.29 is 30.4 Å². The van der Waals surface area contributed by atoms with Crippen molar-refractivity contribution in [3.05, 3.63) is 58.9 Å². The summed E-state index contributed by atoms with van der Waals surface area (Å²) in [6.07, 6.45) is -4.29. The van der Waals surface area contributed by atoms with E-state index in [1.807, 2.05) is 6.07 Å². The Morgan fingerprint density at radius 1 is 1.07 bits per heavy atom.